The summed E-state index contributed by atoms with van der Waals surface area (Å²) in [6.45, 7) is 0.754. The van der Waals surface area contributed by atoms with Gasteiger partial charge in [0.25, 0.3) is 0 Å². The average Bonchev–Trinajstić information content (AvgIpc) is 3.24. The van der Waals surface area contributed by atoms with Gasteiger partial charge in [0.2, 0.25) is 5.91 Å². The van der Waals surface area contributed by atoms with E-state index in [4.69, 9.17) is 9.84 Å². The summed E-state index contributed by atoms with van der Waals surface area (Å²) in [4.78, 5) is 12.7. The number of aliphatic hydroxyl groups is 1. The molecule has 0 spiro atoms. The molecule has 0 unspecified atom stereocenters. The van der Waals surface area contributed by atoms with Crippen LogP contribution in [0.4, 0.5) is 0 Å². The predicted molar refractivity (Wildman–Crippen MR) is 75.5 cm³/mol. The molecule has 0 radical (unpaired) electrons. The van der Waals surface area contributed by atoms with Crippen molar-refractivity contribution in [3.8, 4) is 5.75 Å². The van der Waals surface area contributed by atoms with E-state index in [0.717, 1.165) is 23.5 Å². The number of thioether (sulfide) groups is 1. The minimum Gasteiger partial charge on any atom is -0.497 e. The van der Waals surface area contributed by atoms with Gasteiger partial charge in [-0.05, 0) is 37.1 Å². The van der Waals surface area contributed by atoms with Crippen molar-refractivity contribution in [2.75, 3.05) is 26.0 Å². The summed E-state index contributed by atoms with van der Waals surface area (Å²) in [7, 11) is 1.63. The van der Waals surface area contributed by atoms with Crippen LogP contribution in [-0.4, -0.2) is 37.0 Å². The van der Waals surface area contributed by atoms with Gasteiger partial charge in [-0.2, -0.15) is 0 Å². The third kappa shape index (κ3) is 4.14. The number of hydrogen-bond acceptors (Lipinski definition) is 4. The smallest absolute Gasteiger partial charge is 0.230 e. The molecule has 1 fully saturated rings. The Bertz CT molecular complexity index is 429. The maximum absolute atomic E-state index is 11.7. The summed E-state index contributed by atoms with van der Waals surface area (Å²) < 4.78 is 5.08. The van der Waals surface area contributed by atoms with Crippen molar-refractivity contribution < 1.29 is 14.6 Å². The van der Waals surface area contributed by atoms with E-state index in [2.05, 4.69) is 5.32 Å². The van der Waals surface area contributed by atoms with E-state index in [9.17, 15) is 4.79 Å². The second-order valence-corrected chi connectivity index (χ2v) is 5.95. The van der Waals surface area contributed by atoms with Crippen molar-refractivity contribution in [3.05, 3.63) is 24.3 Å². The molecule has 5 heteroatoms. The number of hydrogen-bond donors (Lipinski definition) is 2. The number of carbonyl (C=O) groups is 1. The zero-order chi connectivity index (χ0) is 13.7. The minimum atomic E-state index is -0.0273. The molecule has 1 amide bonds. The van der Waals surface area contributed by atoms with E-state index in [1.165, 1.54) is 11.8 Å². The standard InChI is InChI=1S/C14H19NO3S/c1-18-11-2-4-12(5-3-11)19-8-13(17)15-9-14(10-16)6-7-14/h2-5,16H,6-10H2,1H3,(H,15,17). The van der Waals surface area contributed by atoms with Crippen molar-refractivity contribution in [1.82, 2.24) is 5.32 Å². The van der Waals surface area contributed by atoms with Crippen LogP contribution in [0.1, 0.15) is 12.8 Å². The Hall–Kier alpha value is -1.20. The van der Waals surface area contributed by atoms with Gasteiger partial charge in [-0.25, -0.2) is 0 Å². The molecule has 2 N–H and O–H groups in total. The molecule has 104 valence electrons. The van der Waals surface area contributed by atoms with Gasteiger partial charge in [0.1, 0.15) is 5.75 Å². The Morgan fingerprint density at radius 3 is 2.63 bits per heavy atom. The number of aliphatic hydroxyl groups excluding tert-OH is 1. The molecule has 1 aliphatic carbocycles. The van der Waals surface area contributed by atoms with Gasteiger partial charge in [0.15, 0.2) is 0 Å². The molecular formula is C14H19NO3S. The molecule has 4 nitrogen and oxygen atoms in total. The molecule has 1 saturated carbocycles. The first-order valence-electron chi connectivity index (χ1n) is 6.32. The van der Waals surface area contributed by atoms with Gasteiger partial charge >= 0.3 is 0 Å². The molecular weight excluding hydrogens is 262 g/mol. The Morgan fingerprint density at radius 1 is 1.42 bits per heavy atom. The number of amides is 1. The number of methoxy groups -OCH3 is 1. The molecule has 0 saturated heterocycles. The van der Waals surface area contributed by atoms with Crippen LogP contribution >= 0.6 is 11.8 Å². The fourth-order valence-electron chi connectivity index (χ4n) is 1.73. The quantitative estimate of drug-likeness (QED) is 0.747. The third-order valence-corrected chi connectivity index (χ3v) is 4.39. The molecule has 0 atom stereocenters. The number of ether oxygens (including phenoxy) is 1. The highest BCUT2D eigenvalue weighted by atomic mass is 32.2. The number of nitrogens with one attached hydrogen (secondary N) is 1. The molecule has 2 rings (SSSR count). The van der Waals surface area contributed by atoms with Crippen LogP contribution in [0.15, 0.2) is 29.2 Å². The van der Waals surface area contributed by atoms with Crippen LogP contribution in [-0.2, 0) is 4.79 Å². The van der Waals surface area contributed by atoms with Crippen LogP contribution in [0.3, 0.4) is 0 Å². The molecule has 0 aromatic heterocycles. The second kappa shape index (κ2) is 6.30. The van der Waals surface area contributed by atoms with Crippen LogP contribution in [0.25, 0.3) is 0 Å². The van der Waals surface area contributed by atoms with Crippen molar-refractivity contribution in [1.29, 1.82) is 0 Å². The van der Waals surface area contributed by atoms with Gasteiger partial charge in [-0.3, -0.25) is 4.79 Å². The van der Waals surface area contributed by atoms with E-state index in [1.807, 2.05) is 24.3 Å². The summed E-state index contributed by atoms with van der Waals surface area (Å²) >= 11 is 1.50. The van der Waals surface area contributed by atoms with Crippen molar-refractivity contribution >= 4 is 17.7 Å². The normalized spacial score (nSPS) is 15.9. The largest absolute Gasteiger partial charge is 0.497 e. The minimum absolute atomic E-state index is 0.0144. The fourth-order valence-corrected chi connectivity index (χ4v) is 2.45. The summed E-state index contributed by atoms with van der Waals surface area (Å²) in [5, 5.41) is 12.0. The van der Waals surface area contributed by atoms with Crippen molar-refractivity contribution in [2.45, 2.75) is 17.7 Å². The summed E-state index contributed by atoms with van der Waals surface area (Å²) in [6, 6.07) is 7.64. The van der Waals surface area contributed by atoms with Crippen molar-refractivity contribution in [3.63, 3.8) is 0 Å². The lowest BCUT2D eigenvalue weighted by molar-refractivity contribution is -0.118. The topological polar surface area (TPSA) is 58.6 Å². The van der Waals surface area contributed by atoms with Gasteiger partial charge in [0.05, 0.1) is 19.5 Å². The zero-order valence-corrected chi connectivity index (χ0v) is 11.8. The van der Waals surface area contributed by atoms with E-state index in [1.54, 1.807) is 7.11 Å². The predicted octanol–water partition coefficient (Wildman–Crippen LogP) is 1.68. The van der Waals surface area contributed by atoms with E-state index in [-0.39, 0.29) is 17.9 Å². The Kier molecular flexibility index (Phi) is 4.71. The van der Waals surface area contributed by atoms with Gasteiger partial charge in [-0.1, -0.05) is 0 Å². The monoisotopic (exact) mass is 281 g/mol. The highest BCUT2D eigenvalue weighted by Gasteiger charge is 2.41. The highest BCUT2D eigenvalue weighted by Crippen LogP contribution is 2.44. The van der Waals surface area contributed by atoms with Crippen molar-refractivity contribution in [2.24, 2.45) is 5.41 Å². The van der Waals surface area contributed by atoms with Gasteiger partial charge < -0.3 is 15.2 Å². The molecule has 1 aromatic carbocycles. The number of benzene rings is 1. The maximum Gasteiger partial charge on any atom is 0.230 e. The summed E-state index contributed by atoms with van der Waals surface area (Å²) in [5.41, 5.74) is -0.0273. The molecule has 0 bridgehead atoms. The third-order valence-electron chi connectivity index (χ3n) is 3.38. The van der Waals surface area contributed by atoms with Crippen LogP contribution < -0.4 is 10.1 Å². The lowest BCUT2D eigenvalue weighted by atomic mass is 10.1. The average molecular weight is 281 g/mol. The molecule has 0 heterocycles. The Balaban J connectivity index is 1.70. The molecule has 19 heavy (non-hydrogen) atoms. The van der Waals surface area contributed by atoms with Crippen LogP contribution in [0, 0.1) is 5.41 Å². The first-order valence-corrected chi connectivity index (χ1v) is 7.30. The lowest BCUT2D eigenvalue weighted by Gasteiger charge is -2.12. The highest BCUT2D eigenvalue weighted by molar-refractivity contribution is 8.00. The maximum atomic E-state index is 11.7. The van der Waals surface area contributed by atoms with Gasteiger partial charge in [-0.15, -0.1) is 11.8 Å². The fraction of sp³-hybridized carbons (Fsp3) is 0.500. The lowest BCUT2D eigenvalue weighted by Crippen LogP contribution is -2.32. The Morgan fingerprint density at radius 2 is 2.11 bits per heavy atom. The van der Waals surface area contributed by atoms with Gasteiger partial charge in [0, 0.05) is 16.9 Å². The molecule has 0 aliphatic heterocycles. The van der Waals surface area contributed by atoms with Crippen LogP contribution in [0.5, 0.6) is 5.75 Å². The van der Waals surface area contributed by atoms with Crippen LogP contribution in [0.2, 0.25) is 0 Å². The first-order chi connectivity index (χ1) is 9.17. The number of carbonyl (C=O) groups excluding carboxylic acids is 1. The summed E-state index contributed by atoms with van der Waals surface area (Å²) in [5.74, 6) is 1.22. The van der Waals surface area contributed by atoms with E-state index >= 15 is 0 Å². The molecule has 1 aliphatic rings. The van der Waals surface area contributed by atoms with E-state index in [0.29, 0.717) is 12.3 Å². The first kappa shape index (κ1) is 14.2. The number of rotatable bonds is 7. The van der Waals surface area contributed by atoms with E-state index < -0.39 is 0 Å². The summed E-state index contributed by atoms with van der Waals surface area (Å²) in [6.07, 6.45) is 2.02. The SMILES string of the molecule is COc1ccc(SCC(=O)NCC2(CO)CC2)cc1. The zero-order valence-electron chi connectivity index (χ0n) is 11.0. The Labute approximate surface area is 117 Å². The molecule has 1 aromatic rings. The second-order valence-electron chi connectivity index (χ2n) is 4.90.